The van der Waals surface area contributed by atoms with Gasteiger partial charge in [-0.3, -0.25) is 0 Å². The molecular formula is C18H23NO. The molecule has 0 aromatic heterocycles. The van der Waals surface area contributed by atoms with Gasteiger partial charge in [0.1, 0.15) is 0 Å². The number of benzene rings is 2. The van der Waals surface area contributed by atoms with Crippen LogP contribution in [-0.4, -0.2) is 23.6 Å². The van der Waals surface area contributed by atoms with Gasteiger partial charge in [0, 0.05) is 13.1 Å². The van der Waals surface area contributed by atoms with Gasteiger partial charge < -0.3 is 10.0 Å². The first kappa shape index (κ1) is 14.8. The Balaban J connectivity index is 1.89. The van der Waals surface area contributed by atoms with Gasteiger partial charge >= 0.3 is 0 Å². The first-order valence-electron chi connectivity index (χ1n) is 7.12. The molecule has 0 fully saturated rings. The maximum atomic E-state index is 10.4. The summed E-state index contributed by atoms with van der Waals surface area (Å²) in [6, 6.07) is 20.3. The standard InChI is InChI=1S/C18H23NO/c1-15(18(20)17-11-7-4-8-12-17)13-19(2)14-16-9-5-3-6-10-16/h3-12,15,18,20H,13-14H2,1-2H3. The number of hydrogen-bond donors (Lipinski definition) is 1. The van der Waals surface area contributed by atoms with Crippen LogP contribution in [0.1, 0.15) is 24.2 Å². The van der Waals surface area contributed by atoms with Crippen LogP contribution in [0.3, 0.4) is 0 Å². The summed E-state index contributed by atoms with van der Waals surface area (Å²) in [7, 11) is 2.10. The van der Waals surface area contributed by atoms with Gasteiger partial charge in [-0.1, -0.05) is 67.6 Å². The Kier molecular flexibility index (Phi) is 5.33. The lowest BCUT2D eigenvalue weighted by Gasteiger charge is -2.25. The van der Waals surface area contributed by atoms with Crippen molar-refractivity contribution in [2.45, 2.75) is 19.6 Å². The van der Waals surface area contributed by atoms with E-state index in [4.69, 9.17) is 0 Å². The van der Waals surface area contributed by atoms with Gasteiger partial charge in [-0.25, -0.2) is 0 Å². The van der Waals surface area contributed by atoms with Crippen molar-refractivity contribution in [2.24, 2.45) is 5.92 Å². The van der Waals surface area contributed by atoms with Crippen molar-refractivity contribution in [3.63, 3.8) is 0 Å². The molecule has 2 rings (SSSR count). The molecule has 2 aromatic carbocycles. The quantitative estimate of drug-likeness (QED) is 0.867. The summed E-state index contributed by atoms with van der Waals surface area (Å²) in [6.07, 6.45) is -0.408. The smallest absolute Gasteiger partial charge is 0.0827 e. The molecule has 2 heteroatoms. The minimum Gasteiger partial charge on any atom is -0.388 e. The molecule has 1 N–H and O–H groups in total. The molecule has 0 saturated heterocycles. The maximum absolute atomic E-state index is 10.4. The van der Waals surface area contributed by atoms with E-state index in [9.17, 15) is 5.11 Å². The van der Waals surface area contributed by atoms with Gasteiger partial charge in [0.15, 0.2) is 0 Å². The van der Waals surface area contributed by atoms with E-state index >= 15 is 0 Å². The third-order valence-corrected chi connectivity index (χ3v) is 3.58. The van der Waals surface area contributed by atoms with Crippen molar-refractivity contribution in [3.8, 4) is 0 Å². The molecule has 0 aliphatic rings. The van der Waals surface area contributed by atoms with Crippen LogP contribution in [0.4, 0.5) is 0 Å². The van der Waals surface area contributed by atoms with Gasteiger partial charge in [0.2, 0.25) is 0 Å². The Morgan fingerprint density at radius 2 is 1.50 bits per heavy atom. The second-order valence-corrected chi connectivity index (χ2v) is 5.52. The van der Waals surface area contributed by atoms with Gasteiger partial charge in [0.25, 0.3) is 0 Å². The van der Waals surface area contributed by atoms with Crippen molar-refractivity contribution >= 4 is 0 Å². The summed E-state index contributed by atoms with van der Waals surface area (Å²) < 4.78 is 0. The molecule has 20 heavy (non-hydrogen) atoms. The SMILES string of the molecule is CC(CN(C)Cc1ccccc1)C(O)c1ccccc1. The number of rotatable bonds is 6. The maximum Gasteiger partial charge on any atom is 0.0827 e. The molecule has 0 aliphatic heterocycles. The predicted molar refractivity (Wildman–Crippen MR) is 83.3 cm³/mol. The van der Waals surface area contributed by atoms with Crippen molar-refractivity contribution in [3.05, 3.63) is 71.8 Å². The summed E-state index contributed by atoms with van der Waals surface area (Å²) in [5, 5.41) is 10.4. The zero-order valence-electron chi connectivity index (χ0n) is 12.2. The first-order chi connectivity index (χ1) is 9.66. The molecule has 0 aliphatic carbocycles. The minimum absolute atomic E-state index is 0.200. The van der Waals surface area contributed by atoms with E-state index < -0.39 is 6.10 Å². The van der Waals surface area contributed by atoms with Crippen molar-refractivity contribution in [2.75, 3.05) is 13.6 Å². The Hall–Kier alpha value is -1.64. The summed E-state index contributed by atoms with van der Waals surface area (Å²) in [5.74, 6) is 0.200. The minimum atomic E-state index is -0.408. The fraction of sp³-hybridized carbons (Fsp3) is 0.333. The molecule has 2 nitrogen and oxygen atoms in total. The lowest BCUT2D eigenvalue weighted by atomic mass is 9.97. The summed E-state index contributed by atoms with van der Waals surface area (Å²) in [4.78, 5) is 2.26. The van der Waals surface area contributed by atoms with Crippen LogP contribution in [0.2, 0.25) is 0 Å². The lowest BCUT2D eigenvalue weighted by molar-refractivity contribution is 0.0933. The van der Waals surface area contributed by atoms with E-state index in [1.54, 1.807) is 0 Å². The highest BCUT2D eigenvalue weighted by Crippen LogP contribution is 2.22. The Bertz CT molecular complexity index is 497. The molecular weight excluding hydrogens is 246 g/mol. The fourth-order valence-electron chi connectivity index (χ4n) is 2.53. The number of aliphatic hydroxyl groups is 1. The molecule has 106 valence electrons. The lowest BCUT2D eigenvalue weighted by Crippen LogP contribution is -2.27. The first-order valence-corrected chi connectivity index (χ1v) is 7.12. The fourth-order valence-corrected chi connectivity index (χ4v) is 2.53. The average Bonchev–Trinajstić information content (AvgIpc) is 2.48. The summed E-state index contributed by atoms with van der Waals surface area (Å²) >= 11 is 0. The summed E-state index contributed by atoms with van der Waals surface area (Å²) in [6.45, 7) is 3.87. The highest BCUT2D eigenvalue weighted by molar-refractivity contribution is 5.18. The Morgan fingerprint density at radius 1 is 0.950 bits per heavy atom. The second kappa shape index (κ2) is 7.22. The molecule has 2 aromatic rings. The highest BCUT2D eigenvalue weighted by atomic mass is 16.3. The van der Waals surface area contributed by atoms with Crippen LogP contribution in [-0.2, 0) is 6.54 Å². The van der Waals surface area contributed by atoms with Crippen LogP contribution in [0.5, 0.6) is 0 Å². The third-order valence-electron chi connectivity index (χ3n) is 3.58. The molecule has 2 unspecified atom stereocenters. The Labute approximate surface area is 121 Å². The van der Waals surface area contributed by atoms with Crippen LogP contribution < -0.4 is 0 Å². The normalized spacial score (nSPS) is 14.2. The van der Waals surface area contributed by atoms with E-state index in [-0.39, 0.29) is 5.92 Å². The largest absolute Gasteiger partial charge is 0.388 e. The van der Waals surface area contributed by atoms with Crippen LogP contribution in [0.25, 0.3) is 0 Å². The predicted octanol–water partition coefficient (Wildman–Crippen LogP) is 3.49. The van der Waals surface area contributed by atoms with E-state index in [1.165, 1.54) is 5.56 Å². The van der Waals surface area contributed by atoms with Crippen LogP contribution in [0.15, 0.2) is 60.7 Å². The van der Waals surface area contributed by atoms with Crippen molar-refractivity contribution in [1.29, 1.82) is 0 Å². The molecule has 0 bridgehead atoms. The molecule has 0 spiro atoms. The number of aliphatic hydroxyl groups excluding tert-OH is 1. The van der Waals surface area contributed by atoms with Crippen LogP contribution >= 0.6 is 0 Å². The van der Waals surface area contributed by atoms with E-state index in [2.05, 4.69) is 43.1 Å². The van der Waals surface area contributed by atoms with Crippen molar-refractivity contribution in [1.82, 2.24) is 4.90 Å². The van der Waals surface area contributed by atoms with Crippen LogP contribution in [0, 0.1) is 5.92 Å². The molecule has 0 heterocycles. The Morgan fingerprint density at radius 3 is 2.10 bits per heavy atom. The van der Waals surface area contributed by atoms with Gasteiger partial charge in [0.05, 0.1) is 6.10 Å². The number of nitrogens with zero attached hydrogens (tertiary/aromatic N) is 1. The van der Waals surface area contributed by atoms with E-state index in [0.717, 1.165) is 18.7 Å². The number of hydrogen-bond acceptors (Lipinski definition) is 2. The monoisotopic (exact) mass is 269 g/mol. The molecule has 0 saturated carbocycles. The molecule has 2 atom stereocenters. The topological polar surface area (TPSA) is 23.5 Å². The van der Waals surface area contributed by atoms with Gasteiger partial charge in [-0.05, 0) is 24.1 Å². The average molecular weight is 269 g/mol. The molecule has 0 amide bonds. The van der Waals surface area contributed by atoms with Gasteiger partial charge in [-0.2, -0.15) is 0 Å². The van der Waals surface area contributed by atoms with Gasteiger partial charge in [-0.15, -0.1) is 0 Å². The third kappa shape index (κ3) is 4.19. The zero-order valence-corrected chi connectivity index (χ0v) is 12.2. The van der Waals surface area contributed by atoms with E-state index in [1.807, 2.05) is 36.4 Å². The zero-order chi connectivity index (χ0) is 14.4. The highest BCUT2D eigenvalue weighted by Gasteiger charge is 2.17. The van der Waals surface area contributed by atoms with E-state index in [0.29, 0.717) is 0 Å². The molecule has 0 radical (unpaired) electrons. The second-order valence-electron chi connectivity index (χ2n) is 5.52. The van der Waals surface area contributed by atoms with Crippen molar-refractivity contribution < 1.29 is 5.11 Å². The summed E-state index contributed by atoms with van der Waals surface area (Å²) in [5.41, 5.74) is 2.30.